The third-order valence-electron chi connectivity index (χ3n) is 8.73. The molecule has 0 spiro atoms. The zero-order valence-electron chi connectivity index (χ0n) is 25.7. The maximum atomic E-state index is 12.5. The lowest BCUT2D eigenvalue weighted by Gasteiger charge is -2.38. The summed E-state index contributed by atoms with van der Waals surface area (Å²) in [6.45, 7) is 16.7. The fourth-order valence-electron chi connectivity index (χ4n) is 5.47. The van der Waals surface area contributed by atoms with Gasteiger partial charge in [-0.05, 0) is 95.3 Å². The molecule has 40 heavy (non-hydrogen) atoms. The van der Waals surface area contributed by atoms with Crippen molar-refractivity contribution in [2.45, 2.75) is 134 Å². The largest absolute Gasteiger partial charge is 0.474 e. The number of thiophene rings is 1. The summed E-state index contributed by atoms with van der Waals surface area (Å²) in [5.41, 5.74) is 0.750. The fraction of sp³-hybridized carbons (Fsp3) is 0.733. The summed E-state index contributed by atoms with van der Waals surface area (Å²) >= 11 is 1.73. The minimum absolute atomic E-state index is 0.0329. The van der Waals surface area contributed by atoms with Gasteiger partial charge in [0.05, 0.1) is 11.5 Å². The van der Waals surface area contributed by atoms with Crippen molar-refractivity contribution in [1.82, 2.24) is 14.9 Å². The number of ether oxygens (including phenoxy) is 2. The number of rotatable bonds is 7. The summed E-state index contributed by atoms with van der Waals surface area (Å²) in [5, 5.41) is 11.1. The highest BCUT2D eigenvalue weighted by Crippen LogP contribution is 2.48. The van der Waals surface area contributed by atoms with Gasteiger partial charge >= 0.3 is 6.09 Å². The molecule has 2 heterocycles. The first kappa shape index (κ1) is 30.7. The summed E-state index contributed by atoms with van der Waals surface area (Å²) in [7, 11) is -0.240. The standard InChI is InChI=1S/C30H46N4O4SSi/c1-29(2,3)37-28(35)34(7)20-11-13-21(14-12-20)36-26-25-24-19(10-15-23(24)39-27(25)33-18-32-26)16-22(17-31)38-40(8,9)30(4,5)6/h18-22H,10-16H2,1-9H3/t19-,20-,21-,22?/m1/s1. The first-order valence-corrected chi connectivity index (χ1v) is 18.3. The van der Waals surface area contributed by atoms with Gasteiger partial charge in [0, 0.05) is 18.0 Å². The van der Waals surface area contributed by atoms with Gasteiger partial charge in [0.15, 0.2) is 8.32 Å². The molecule has 1 amide bonds. The van der Waals surface area contributed by atoms with Crippen LogP contribution in [0.3, 0.4) is 0 Å². The lowest BCUT2D eigenvalue weighted by molar-refractivity contribution is 0.0137. The van der Waals surface area contributed by atoms with Gasteiger partial charge in [-0.2, -0.15) is 5.26 Å². The molecule has 1 fully saturated rings. The van der Waals surface area contributed by atoms with Crippen LogP contribution in [0.4, 0.5) is 4.79 Å². The number of hydrogen-bond donors (Lipinski definition) is 0. The van der Waals surface area contributed by atoms with Gasteiger partial charge in [-0.1, -0.05) is 20.8 Å². The second kappa shape index (κ2) is 11.6. The van der Waals surface area contributed by atoms with Crippen LogP contribution < -0.4 is 4.74 Å². The summed E-state index contributed by atoms with van der Waals surface area (Å²) in [6, 6.07) is 2.60. The molecule has 1 unspecified atom stereocenters. The van der Waals surface area contributed by atoms with Gasteiger partial charge in [0.1, 0.15) is 29.0 Å². The molecule has 2 aliphatic rings. The number of fused-ring (bicyclic) bond motifs is 3. The number of aryl methyl sites for hydroxylation is 1. The Bertz CT molecular complexity index is 1250. The number of carbonyl (C=O) groups excluding carboxylic acids is 1. The molecule has 2 atom stereocenters. The molecule has 8 nitrogen and oxygen atoms in total. The smallest absolute Gasteiger partial charge is 0.410 e. The van der Waals surface area contributed by atoms with E-state index in [4.69, 9.17) is 13.9 Å². The Morgan fingerprint density at radius 1 is 1.15 bits per heavy atom. The van der Waals surface area contributed by atoms with E-state index < -0.39 is 20.0 Å². The SMILES string of the molecule is CN(C(=O)OC(C)(C)C)[C@H]1CC[C@H](Oc2ncnc3sc4c(c23)[C@@H](CC(C#N)O[Si](C)(C)C(C)(C)C)CC4)CC1. The van der Waals surface area contributed by atoms with Crippen molar-refractivity contribution in [3.8, 4) is 11.9 Å². The predicted molar refractivity (Wildman–Crippen MR) is 161 cm³/mol. The zero-order valence-corrected chi connectivity index (χ0v) is 27.5. The molecule has 2 aromatic rings. The van der Waals surface area contributed by atoms with Crippen LogP contribution in [-0.4, -0.2) is 60.2 Å². The van der Waals surface area contributed by atoms with Crippen molar-refractivity contribution in [3.05, 3.63) is 16.8 Å². The molecule has 0 aliphatic heterocycles. The van der Waals surface area contributed by atoms with E-state index in [2.05, 4.69) is 49.9 Å². The Labute approximate surface area is 244 Å². The van der Waals surface area contributed by atoms with Crippen molar-refractivity contribution < 1.29 is 18.7 Å². The van der Waals surface area contributed by atoms with Crippen molar-refractivity contribution in [1.29, 1.82) is 5.26 Å². The second-order valence-electron chi connectivity index (χ2n) is 13.9. The molecule has 0 N–H and O–H groups in total. The highest BCUT2D eigenvalue weighted by Gasteiger charge is 2.41. The van der Waals surface area contributed by atoms with Crippen LogP contribution in [0, 0.1) is 11.3 Å². The van der Waals surface area contributed by atoms with Crippen molar-refractivity contribution in [2.24, 2.45) is 0 Å². The molecule has 1 saturated carbocycles. The molecule has 10 heteroatoms. The number of nitriles is 1. The van der Waals surface area contributed by atoms with Crippen LogP contribution in [0.15, 0.2) is 6.33 Å². The minimum atomic E-state index is -2.07. The molecule has 0 radical (unpaired) electrons. The van der Waals surface area contributed by atoms with E-state index in [1.54, 1.807) is 22.6 Å². The van der Waals surface area contributed by atoms with Crippen LogP contribution in [0.2, 0.25) is 18.1 Å². The highest BCUT2D eigenvalue weighted by atomic mass is 32.1. The van der Waals surface area contributed by atoms with E-state index >= 15 is 0 Å². The van der Waals surface area contributed by atoms with Crippen LogP contribution in [-0.2, 0) is 15.6 Å². The number of carbonyl (C=O) groups is 1. The molecule has 220 valence electrons. The molecule has 0 saturated heterocycles. The van der Waals surface area contributed by atoms with E-state index in [0.29, 0.717) is 12.3 Å². The molecule has 4 rings (SSSR count). The lowest BCUT2D eigenvalue weighted by atomic mass is 9.92. The summed E-state index contributed by atoms with van der Waals surface area (Å²) < 4.78 is 18.6. The van der Waals surface area contributed by atoms with Crippen molar-refractivity contribution in [2.75, 3.05) is 7.05 Å². The Balaban J connectivity index is 1.46. The van der Waals surface area contributed by atoms with Crippen LogP contribution in [0.1, 0.15) is 96.4 Å². The van der Waals surface area contributed by atoms with Gasteiger partial charge < -0.3 is 18.8 Å². The average molecular weight is 587 g/mol. The van der Waals surface area contributed by atoms with Gasteiger partial charge in [-0.15, -0.1) is 11.3 Å². The number of amides is 1. The van der Waals surface area contributed by atoms with Gasteiger partial charge in [-0.25, -0.2) is 14.8 Å². The topological polar surface area (TPSA) is 97.6 Å². The highest BCUT2D eigenvalue weighted by molar-refractivity contribution is 7.19. The Morgan fingerprint density at radius 2 is 1.82 bits per heavy atom. The van der Waals surface area contributed by atoms with Crippen LogP contribution >= 0.6 is 11.3 Å². The zero-order chi connectivity index (χ0) is 29.5. The molecule has 0 bridgehead atoms. The second-order valence-corrected chi connectivity index (χ2v) is 19.7. The maximum absolute atomic E-state index is 12.5. The van der Waals surface area contributed by atoms with Crippen LogP contribution in [0.25, 0.3) is 10.2 Å². The minimum Gasteiger partial charge on any atom is -0.474 e. The van der Waals surface area contributed by atoms with E-state index in [-0.39, 0.29) is 29.2 Å². The molecular weight excluding hydrogens is 541 g/mol. The third kappa shape index (κ3) is 6.80. The van der Waals surface area contributed by atoms with Gasteiger partial charge in [0.2, 0.25) is 5.88 Å². The predicted octanol–water partition coefficient (Wildman–Crippen LogP) is 7.58. The van der Waals surface area contributed by atoms with E-state index in [0.717, 1.165) is 48.7 Å². The molecule has 2 aliphatic carbocycles. The van der Waals surface area contributed by atoms with E-state index in [1.807, 2.05) is 27.8 Å². The molecule has 0 aromatic carbocycles. The normalized spacial score (nSPS) is 22.4. The lowest BCUT2D eigenvalue weighted by Crippen LogP contribution is -2.43. The van der Waals surface area contributed by atoms with Gasteiger partial charge in [0.25, 0.3) is 0 Å². The number of aromatic nitrogens is 2. The monoisotopic (exact) mass is 586 g/mol. The Hall–Kier alpha value is -2.22. The fourth-order valence-corrected chi connectivity index (χ4v) is 7.92. The van der Waals surface area contributed by atoms with Gasteiger partial charge in [-0.3, -0.25) is 0 Å². The first-order valence-electron chi connectivity index (χ1n) is 14.6. The summed E-state index contributed by atoms with van der Waals surface area (Å²) in [6.07, 6.45) is 6.99. The molecular formula is C30H46N4O4SSi. The van der Waals surface area contributed by atoms with E-state index in [1.165, 1.54) is 10.4 Å². The maximum Gasteiger partial charge on any atom is 0.410 e. The van der Waals surface area contributed by atoms with E-state index in [9.17, 15) is 10.1 Å². The number of hydrogen-bond acceptors (Lipinski definition) is 8. The Morgan fingerprint density at radius 3 is 2.42 bits per heavy atom. The average Bonchev–Trinajstić information content (AvgIpc) is 3.41. The quantitative estimate of drug-likeness (QED) is 0.308. The van der Waals surface area contributed by atoms with Crippen LogP contribution in [0.5, 0.6) is 5.88 Å². The van der Waals surface area contributed by atoms with Crippen molar-refractivity contribution in [3.63, 3.8) is 0 Å². The van der Waals surface area contributed by atoms with Crippen molar-refractivity contribution >= 4 is 36.0 Å². The first-order chi connectivity index (χ1) is 18.6. The summed E-state index contributed by atoms with van der Waals surface area (Å²) in [4.78, 5) is 25.7. The third-order valence-corrected chi connectivity index (χ3v) is 14.4. The summed E-state index contributed by atoms with van der Waals surface area (Å²) in [5.74, 6) is 0.877. The molecule has 2 aromatic heterocycles. The Kier molecular flexibility index (Phi) is 8.89. The number of nitrogens with zero attached hydrogens (tertiary/aromatic N) is 4.